The van der Waals surface area contributed by atoms with Crippen LogP contribution >= 0.6 is 0 Å². The molecule has 0 aliphatic heterocycles. The van der Waals surface area contributed by atoms with Crippen LogP contribution in [-0.4, -0.2) is 38.3 Å². The Kier molecular flexibility index (Phi) is 7.33. The first-order valence-corrected chi connectivity index (χ1v) is 4.05. The molecule has 0 aromatic heterocycles. The maximum atomic E-state index is 10.7. The zero-order chi connectivity index (χ0) is 11.5. The maximum absolute atomic E-state index is 10.7. The number of hydrogen-bond acceptors (Lipinski definition) is 6. The standard InChI is InChI=1S/C7H11N3O5/c1-2-9-6(12)14-5-15-7(13)10-3-8-4-11/h2-3,5H2,1H3,(H,9,12)(H,10,13). The number of nitrogens with one attached hydrogen (secondary N) is 2. The van der Waals surface area contributed by atoms with Gasteiger partial charge in [-0.25, -0.2) is 14.4 Å². The number of rotatable bonds is 5. The van der Waals surface area contributed by atoms with E-state index in [2.05, 4.69) is 25.1 Å². The molecule has 0 saturated carbocycles. The minimum atomic E-state index is -0.849. The van der Waals surface area contributed by atoms with Gasteiger partial charge in [0.15, 0.2) is 0 Å². The second kappa shape index (κ2) is 8.52. The van der Waals surface area contributed by atoms with E-state index in [1.807, 2.05) is 0 Å². The van der Waals surface area contributed by atoms with E-state index < -0.39 is 19.0 Å². The minimum absolute atomic E-state index is 0.233. The summed E-state index contributed by atoms with van der Waals surface area (Å²) in [6.45, 7) is 1.39. The van der Waals surface area contributed by atoms with Gasteiger partial charge in [-0.05, 0) is 6.92 Å². The molecule has 0 aliphatic carbocycles. The van der Waals surface area contributed by atoms with E-state index in [1.54, 1.807) is 6.92 Å². The van der Waals surface area contributed by atoms with Gasteiger partial charge in [-0.1, -0.05) is 0 Å². The molecule has 0 heterocycles. The lowest BCUT2D eigenvalue weighted by molar-refractivity contribution is 0.0247. The number of alkyl carbamates (subject to hydrolysis) is 2. The predicted octanol–water partition coefficient (Wildman–Crippen LogP) is -0.290. The van der Waals surface area contributed by atoms with Crippen molar-refractivity contribution in [3.05, 3.63) is 0 Å². The highest BCUT2D eigenvalue weighted by Crippen LogP contribution is 1.81. The molecule has 84 valence electrons. The normalized spacial score (nSPS) is 8.33. The van der Waals surface area contributed by atoms with Crippen LogP contribution in [0.2, 0.25) is 0 Å². The molecule has 0 aromatic rings. The van der Waals surface area contributed by atoms with Gasteiger partial charge in [0.25, 0.3) is 0 Å². The lowest BCUT2D eigenvalue weighted by atomic mass is 10.8. The first-order chi connectivity index (χ1) is 7.20. The number of hydrogen-bond donors (Lipinski definition) is 2. The van der Waals surface area contributed by atoms with Gasteiger partial charge in [0.1, 0.15) is 6.67 Å². The summed E-state index contributed by atoms with van der Waals surface area (Å²) < 4.78 is 8.80. The molecule has 0 rings (SSSR count). The van der Waals surface area contributed by atoms with E-state index in [4.69, 9.17) is 0 Å². The third kappa shape index (κ3) is 8.26. The van der Waals surface area contributed by atoms with Crippen molar-refractivity contribution in [2.75, 3.05) is 20.0 Å². The van der Waals surface area contributed by atoms with Crippen molar-refractivity contribution in [1.82, 2.24) is 10.6 Å². The van der Waals surface area contributed by atoms with Crippen molar-refractivity contribution in [3.63, 3.8) is 0 Å². The van der Waals surface area contributed by atoms with E-state index in [0.717, 1.165) is 0 Å². The molecule has 0 bridgehead atoms. The molecule has 0 spiro atoms. The fraction of sp³-hybridized carbons (Fsp3) is 0.571. The fourth-order valence-electron chi connectivity index (χ4n) is 0.519. The molecular formula is C7H11N3O5. The van der Waals surface area contributed by atoms with Crippen LogP contribution in [0.25, 0.3) is 0 Å². The molecule has 2 amide bonds. The molecule has 0 radical (unpaired) electrons. The van der Waals surface area contributed by atoms with Crippen molar-refractivity contribution in [2.24, 2.45) is 4.99 Å². The van der Waals surface area contributed by atoms with E-state index >= 15 is 0 Å². The number of nitrogens with zero attached hydrogens (tertiary/aromatic N) is 1. The average molecular weight is 217 g/mol. The van der Waals surface area contributed by atoms with Crippen LogP contribution in [0.4, 0.5) is 9.59 Å². The van der Waals surface area contributed by atoms with Gasteiger partial charge < -0.3 is 20.1 Å². The largest absolute Gasteiger partial charge is 0.412 e. The molecule has 0 unspecified atom stereocenters. The average Bonchev–Trinajstić information content (AvgIpc) is 2.18. The minimum Gasteiger partial charge on any atom is -0.412 e. The van der Waals surface area contributed by atoms with E-state index in [-0.39, 0.29) is 6.67 Å². The van der Waals surface area contributed by atoms with Gasteiger partial charge in [0, 0.05) is 6.54 Å². The smallest absolute Gasteiger partial charge is 0.411 e. The fourth-order valence-corrected chi connectivity index (χ4v) is 0.519. The first kappa shape index (κ1) is 12.9. The summed E-state index contributed by atoms with van der Waals surface area (Å²) in [5.74, 6) is 0. The van der Waals surface area contributed by atoms with Gasteiger partial charge in [-0.2, -0.15) is 4.99 Å². The number of amides is 2. The number of carbonyl (C=O) groups excluding carboxylic acids is 3. The molecular weight excluding hydrogens is 206 g/mol. The van der Waals surface area contributed by atoms with Gasteiger partial charge in [0.05, 0.1) is 0 Å². The van der Waals surface area contributed by atoms with Crippen LogP contribution in [0.15, 0.2) is 4.99 Å². The van der Waals surface area contributed by atoms with Gasteiger partial charge in [-0.15, -0.1) is 0 Å². The number of ether oxygens (including phenoxy) is 2. The van der Waals surface area contributed by atoms with Crippen LogP contribution in [0.3, 0.4) is 0 Å². The van der Waals surface area contributed by atoms with Crippen molar-refractivity contribution in [2.45, 2.75) is 6.92 Å². The SMILES string of the molecule is CCNC(=O)OCOC(=O)NCN=C=O. The first-order valence-electron chi connectivity index (χ1n) is 4.05. The summed E-state index contributed by atoms with van der Waals surface area (Å²) >= 11 is 0. The molecule has 0 atom stereocenters. The van der Waals surface area contributed by atoms with E-state index in [9.17, 15) is 14.4 Å². The van der Waals surface area contributed by atoms with Gasteiger partial charge in [-0.3, -0.25) is 0 Å². The Morgan fingerprint density at radius 2 is 1.87 bits per heavy atom. The summed E-state index contributed by atoms with van der Waals surface area (Å²) in [5, 5.41) is 4.42. The van der Waals surface area contributed by atoms with Crippen molar-refractivity contribution < 1.29 is 23.9 Å². The Bertz CT molecular complexity index is 261. The zero-order valence-corrected chi connectivity index (χ0v) is 8.11. The highest BCUT2D eigenvalue weighted by molar-refractivity contribution is 5.68. The summed E-state index contributed by atoms with van der Waals surface area (Å²) in [6, 6.07) is 0. The molecule has 8 nitrogen and oxygen atoms in total. The topological polar surface area (TPSA) is 106 Å². The van der Waals surface area contributed by atoms with Crippen LogP contribution in [0.5, 0.6) is 0 Å². The lowest BCUT2D eigenvalue weighted by Crippen LogP contribution is -2.28. The van der Waals surface area contributed by atoms with Crippen molar-refractivity contribution >= 4 is 18.3 Å². The Morgan fingerprint density at radius 1 is 1.27 bits per heavy atom. The van der Waals surface area contributed by atoms with Crippen LogP contribution in [0.1, 0.15) is 6.92 Å². The lowest BCUT2D eigenvalue weighted by Gasteiger charge is -2.06. The monoisotopic (exact) mass is 217 g/mol. The summed E-state index contributed by atoms with van der Waals surface area (Å²) in [7, 11) is 0. The van der Waals surface area contributed by atoms with Gasteiger partial charge in [0.2, 0.25) is 12.9 Å². The second-order valence-electron chi connectivity index (χ2n) is 2.10. The highest BCUT2D eigenvalue weighted by atomic mass is 16.7. The summed E-state index contributed by atoms with van der Waals surface area (Å²) in [6.07, 6.45) is -0.309. The zero-order valence-electron chi connectivity index (χ0n) is 8.11. The number of carbonyl (C=O) groups is 2. The predicted molar refractivity (Wildman–Crippen MR) is 47.6 cm³/mol. The Morgan fingerprint density at radius 3 is 2.40 bits per heavy atom. The van der Waals surface area contributed by atoms with E-state index in [0.29, 0.717) is 6.54 Å². The van der Waals surface area contributed by atoms with E-state index in [1.165, 1.54) is 6.08 Å². The molecule has 0 saturated heterocycles. The molecule has 2 N–H and O–H groups in total. The Balaban J connectivity index is 3.46. The molecule has 0 aliphatic rings. The Hall–Kier alpha value is -2.08. The second-order valence-corrected chi connectivity index (χ2v) is 2.10. The molecule has 15 heavy (non-hydrogen) atoms. The van der Waals surface area contributed by atoms with Crippen LogP contribution < -0.4 is 10.6 Å². The summed E-state index contributed by atoms with van der Waals surface area (Å²) in [5.41, 5.74) is 0. The summed E-state index contributed by atoms with van der Waals surface area (Å²) in [4.78, 5) is 34.0. The quantitative estimate of drug-likeness (QED) is 0.374. The third-order valence-corrected chi connectivity index (χ3v) is 1.07. The van der Waals surface area contributed by atoms with Crippen LogP contribution in [0, 0.1) is 0 Å². The van der Waals surface area contributed by atoms with Crippen molar-refractivity contribution in [3.8, 4) is 0 Å². The maximum Gasteiger partial charge on any atom is 0.411 e. The number of isocyanates is 1. The highest BCUT2D eigenvalue weighted by Gasteiger charge is 2.02. The molecule has 0 aromatic carbocycles. The molecule has 8 heteroatoms. The Labute approximate surface area is 85.6 Å². The molecule has 0 fully saturated rings. The van der Waals surface area contributed by atoms with Crippen LogP contribution in [-0.2, 0) is 14.3 Å². The third-order valence-electron chi connectivity index (χ3n) is 1.07. The number of aliphatic imine (C=N–C) groups is 1. The van der Waals surface area contributed by atoms with Gasteiger partial charge >= 0.3 is 12.2 Å². The van der Waals surface area contributed by atoms with Crippen molar-refractivity contribution in [1.29, 1.82) is 0 Å².